The Morgan fingerprint density at radius 3 is 2.64 bits per heavy atom. The quantitative estimate of drug-likeness (QED) is 0.613. The van der Waals surface area contributed by atoms with Crippen molar-refractivity contribution in [2.24, 2.45) is 0 Å². The second-order valence-corrected chi connectivity index (χ2v) is 5.31. The van der Waals surface area contributed by atoms with Crippen LogP contribution in [0.2, 0.25) is 0 Å². The van der Waals surface area contributed by atoms with Crippen molar-refractivity contribution in [3.63, 3.8) is 0 Å². The predicted molar refractivity (Wildman–Crippen MR) is 88.1 cm³/mol. The molecule has 1 atom stereocenters. The van der Waals surface area contributed by atoms with Gasteiger partial charge < -0.3 is 19.7 Å². The molecule has 122 valence electrons. The number of allylic oxidation sites excluding steroid dienone is 1. The maximum absolute atomic E-state index is 10.3. The first-order chi connectivity index (χ1) is 10.5. The minimum Gasteiger partial charge on any atom is -0.459 e. The summed E-state index contributed by atoms with van der Waals surface area (Å²) in [5.74, 6) is 1.23. The van der Waals surface area contributed by atoms with E-state index in [-0.39, 0.29) is 13.2 Å². The Bertz CT molecular complexity index is 537. The molecule has 4 heteroatoms. The number of furan rings is 1. The van der Waals surface area contributed by atoms with Gasteiger partial charge in [0.2, 0.25) is 0 Å². The van der Waals surface area contributed by atoms with E-state index in [1.807, 2.05) is 26.0 Å². The Balaban J connectivity index is 2.63. The van der Waals surface area contributed by atoms with Crippen LogP contribution in [0.1, 0.15) is 44.6 Å². The van der Waals surface area contributed by atoms with Crippen LogP contribution >= 0.6 is 0 Å². The second kappa shape index (κ2) is 9.41. The summed E-state index contributed by atoms with van der Waals surface area (Å²) in [5.41, 5.74) is 2.64. The van der Waals surface area contributed by atoms with Crippen LogP contribution in [-0.4, -0.2) is 28.0 Å². The number of aliphatic hydroxyl groups excluding tert-OH is 3. The normalized spacial score (nSPS) is 14.2. The average Bonchev–Trinajstić information content (AvgIpc) is 2.97. The molecule has 0 fully saturated rings. The minimum absolute atomic E-state index is 0.101. The molecule has 4 nitrogen and oxygen atoms in total. The van der Waals surface area contributed by atoms with E-state index in [4.69, 9.17) is 14.6 Å². The third kappa shape index (κ3) is 5.64. The zero-order chi connectivity index (χ0) is 16.5. The fourth-order valence-electron chi connectivity index (χ4n) is 2.21. The van der Waals surface area contributed by atoms with Crippen molar-refractivity contribution >= 4 is 6.08 Å². The molecule has 1 rings (SSSR count). The zero-order valence-corrected chi connectivity index (χ0v) is 13.4. The van der Waals surface area contributed by atoms with Crippen LogP contribution in [0, 0.1) is 0 Å². The lowest BCUT2D eigenvalue weighted by atomic mass is 9.95. The van der Waals surface area contributed by atoms with Crippen molar-refractivity contribution in [2.75, 3.05) is 6.61 Å². The van der Waals surface area contributed by atoms with Gasteiger partial charge in [-0.1, -0.05) is 25.2 Å². The van der Waals surface area contributed by atoms with E-state index in [2.05, 4.69) is 6.58 Å². The van der Waals surface area contributed by atoms with E-state index in [1.165, 1.54) is 0 Å². The van der Waals surface area contributed by atoms with Gasteiger partial charge in [-0.25, -0.2) is 0 Å². The SMILES string of the molecule is C=C(CC)/C(=C/CO)C(O)CC/C(C)=C/c1ccc(CO)o1. The van der Waals surface area contributed by atoms with Gasteiger partial charge in [-0.2, -0.15) is 0 Å². The fraction of sp³-hybridized carbons (Fsp3) is 0.444. The highest BCUT2D eigenvalue weighted by molar-refractivity contribution is 5.47. The highest BCUT2D eigenvalue weighted by atomic mass is 16.4. The molecule has 0 saturated carbocycles. The van der Waals surface area contributed by atoms with Gasteiger partial charge in [0.1, 0.15) is 18.1 Å². The van der Waals surface area contributed by atoms with Gasteiger partial charge in [-0.3, -0.25) is 0 Å². The molecule has 0 radical (unpaired) electrons. The van der Waals surface area contributed by atoms with Crippen LogP contribution in [0.5, 0.6) is 0 Å². The molecule has 22 heavy (non-hydrogen) atoms. The number of aliphatic hydroxyl groups is 3. The second-order valence-electron chi connectivity index (χ2n) is 5.31. The molecule has 1 heterocycles. The van der Waals surface area contributed by atoms with Crippen molar-refractivity contribution in [3.05, 3.63) is 53.0 Å². The lowest BCUT2D eigenvalue weighted by Gasteiger charge is -2.16. The van der Waals surface area contributed by atoms with Gasteiger partial charge in [-0.15, -0.1) is 0 Å². The third-order valence-corrected chi connectivity index (χ3v) is 3.54. The Hall–Kier alpha value is -1.62. The number of hydrogen-bond acceptors (Lipinski definition) is 4. The largest absolute Gasteiger partial charge is 0.459 e. The Morgan fingerprint density at radius 1 is 1.36 bits per heavy atom. The molecule has 0 aromatic carbocycles. The van der Waals surface area contributed by atoms with Crippen molar-refractivity contribution < 1.29 is 19.7 Å². The lowest BCUT2D eigenvalue weighted by Crippen LogP contribution is -2.12. The van der Waals surface area contributed by atoms with Crippen molar-refractivity contribution in [2.45, 2.75) is 45.8 Å². The van der Waals surface area contributed by atoms with Crippen LogP contribution < -0.4 is 0 Å². The van der Waals surface area contributed by atoms with E-state index in [9.17, 15) is 5.11 Å². The van der Waals surface area contributed by atoms with Crippen LogP contribution in [0.4, 0.5) is 0 Å². The lowest BCUT2D eigenvalue weighted by molar-refractivity contribution is 0.200. The summed E-state index contributed by atoms with van der Waals surface area (Å²) in [6, 6.07) is 3.54. The average molecular weight is 306 g/mol. The molecule has 0 amide bonds. The summed E-state index contributed by atoms with van der Waals surface area (Å²) in [4.78, 5) is 0. The molecule has 1 unspecified atom stereocenters. The van der Waals surface area contributed by atoms with E-state index < -0.39 is 6.10 Å². The van der Waals surface area contributed by atoms with Crippen LogP contribution in [0.3, 0.4) is 0 Å². The fourth-order valence-corrected chi connectivity index (χ4v) is 2.21. The first-order valence-corrected chi connectivity index (χ1v) is 7.55. The van der Waals surface area contributed by atoms with E-state index in [0.29, 0.717) is 24.4 Å². The standard InChI is InChI=1S/C18H26O4/c1-4-14(3)17(9-10-19)18(21)8-5-13(2)11-15-6-7-16(12-20)22-15/h6-7,9,11,18-21H,3-5,8,10,12H2,1-2H3/b13-11+,17-9-. The predicted octanol–water partition coefficient (Wildman–Crippen LogP) is 3.20. The molecule has 0 saturated heterocycles. The third-order valence-electron chi connectivity index (χ3n) is 3.54. The van der Waals surface area contributed by atoms with Gasteiger partial charge in [0, 0.05) is 0 Å². The molecule has 0 aliphatic rings. The minimum atomic E-state index is -0.632. The molecule has 1 aromatic rings. The summed E-state index contributed by atoms with van der Waals surface area (Å²) < 4.78 is 5.40. The monoisotopic (exact) mass is 306 g/mol. The summed E-state index contributed by atoms with van der Waals surface area (Å²) in [6.45, 7) is 7.66. The van der Waals surface area contributed by atoms with Crippen molar-refractivity contribution in [1.82, 2.24) is 0 Å². The highest BCUT2D eigenvalue weighted by Crippen LogP contribution is 2.22. The Morgan fingerprint density at radius 2 is 2.09 bits per heavy atom. The summed E-state index contributed by atoms with van der Waals surface area (Å²) in [5, 5.41) is 28.3. The summed E-state index contributed by atoms with van der Waals surface area (Å²) in [6.07, 6.45) is 4.89. The highest BCUT2D eigenvalue weighted by Gasteiger charge is 2.13. The number of rotatable bonds is 9. The summed E-state index contributed by atoms with van der Waals surface area (Å²) >= 11 is 0. The Kier molecular flexibility index (Phi) is 7.88. The van der Waals surface area contributed by atoms with Gasteiger partial charge in [0.05, 0.1) is 12.7 Å². The van der Waals surface area contributed by atoms with Gasteiger partial charge >= 0.3 is 0 Å². The first kappa shape index (κ1) is 18.4. The summed E-state index contributed by atoms with van der Waals surface area (Å²) in [7, 11) is 0. The van der Waals surface area contributed by atoms with Crippen molar-refractivity contribution in [1.29, 1.82) is 0 Å². The van der Waals surface area contributed by atoms with Crippen LogP contribution in [0.15, 0.2) is 45.9 Å². The maximum atomic E-state index is 10.3. The molecule has 1 aromatic heterocycles. The molecule has 0 spiro atoms. The topological polar surface area (TPSA) is 73.8 Å². The number of hydrogen-bond donors (Lipinski definition) is 3. The van der Waals surface area contributed by atoms with Gasteiger partial charge in [0.15, 0.2) is 0 Å². The molecule has 0 aliphatic heterocycles. The van der Waals surface area contributed by atoms with Gasteiger partial charge in [0.25, 0.3) is 0 Å². The van der Waals surface area contributed by atoms with E-state index >= 15 is 0 Å². The first-order valence-electron chi connectivity index (χ1n) is 7.55. The van der Waals surface area contributed by atoms with E-state index in [0.717, 1.165) is 23.1 Å². The van der Waals surface area contributed by atoms with Crippen LogP contribution in [0.25, 0.3) is 6.08 Å². The Labute approximate surface area is 132 Å². The van der Waals surface area contributed by atoms with Crippen LogP contribution in [-0.2, 0) is 6.61 Å². The smallest absolute Gasteiger partial charge is 0.130 e. The molecule has 0 bridgehead atoms. The van der Waals surface area contributed by atoms with Crippen molar-refractivity contribution in [3.8, 4) is 0 Å². The molecular formula is C18H26O4. The maximum Gasteiger partial charge on any atom is 0.130 e. The van der Waals surface area contributed by atoms with E-state index in [1.54, 1.807) is 12.1 Å². The van der Waals surface area contributed by atoms with Gasteiger partial charge in [-0.05, 0) is 55.5 Å². The molecule has 3 N–H and O–H groups in total. The molecule has 0 aliphatic carbocycles. The zero-order valence-electron chi connectivity index (χ0n) is 13.4. The molecular weight excluding hydrogens is 280 g/mol.